The third-order valence-electron chi connectivity index (χ3n) is 2.33. The summed E-state index contributed by atoms with van der Waals surface area (Å²) in [5.74, 6) is -6.24. The maximum Gasteiger partial charge on any atom is 0.321 e. The van der Waals surface area contributed by atoms with Gasteiger partial charge in [0.1, 0.15) is 0 Å². The smallest absolute Gasteiger partial charge is 0.294 e. The van der Waals surface area contributed by atoms with Crippen LogP contribution in [0.3, 0.4) is 0 Å². The Balaban J connectivity index is 5.02. The quantitative estimate of drug-likeness (QED) is 0.228. The second kappa shape index (κ2) is 9.19. The monoisotopic (exact) mass is 289 g/mol. The van der Waals surface area contributed by atoms with Crippen molar-refractivity contribution in [3.63, 3.8) is 0 Å². The highest BCUT2D eigenvalue weighted by atomic mass is 16.2. The SMILES string of the molecule is C\C=C/C=C\C=C(/C)C(C)=NC(=O)C(=O)C(=O)C(=O)C=O. The first-order chi connectivity index (χ1) is 9.84. The first-order valence-corrected chi connectivity index (χ1v) is 5.99. The van der Waals surface area contributed by atoms with E-state index in [4.69, 9.17) is 0 Å². The van der Waals surface area contributed by atoms with E-state index in [0.29, 0.717) is 5.57 Å². The van der Waals surface area contributed by atoms with Gasteiger partial charge in [-0.1, -0.05) is 30.4 Å². The van der Waals surface area contributed by atoms with Crippen molar-refractivity contribution in [2.24, 2.45) is 4.99 Å². The number of carbonyl (C=O) groups is 5. The van der Waals surface area contributed by atoms with Crippen LogP contribution in [0, 0.1) is 0 Å². The molecule has 0 N–H and O–H groups in total. The Morgan fingerprint density at radius 1 is 0.905 bits per heavy atom. The molecule has 6 heteroatoms. The molecule has 0 atom stereocenters. The third kappa shape index (κ3) is 6.29. The van der Waals surface area contributed by atoms with Crippen molar-refractivity contribution in [2.45, 2.75) is 20.8 Å². The van der Waals surface area contributed by atoms with Crippen LogP contribution < -0.4 is 0 Å². The summed E-state index contributed by atoms with van der Waals surface area (Å²) in [5, 5.41) is 0. The molecule has 0 aliphatic rings. The highest BCUT2D eigenvalue weighted by molar-refractivity contribution is 6.84. The molecule has 0 aliphatic heterocycles. The van der Waals surface area contributed by atoms with Gasteiger partial charge in [0.25, 0.3) is 17.3 Å². The molecule has 0 aromatic carbocycles. The van der Waals surface area contributed by atoms with Crippen LogP contribution in [0.2, 0.25) is 0 Å². The number of ketones is 3. The zero-order valence-electron chi connectivity index (χ0n) is 12.0. The van der Waals surface area contributed by atoms with Gasteiger partial charge in [-0.2, -0.15) is 0 Å². The van der Waals surface area contributed by atoms with Gasteiger partial charge >= 0.3 is 5.91 Å². The van der Waals surface area contributed by atoms with E-state index in [2.05, 4.69) is 4.99 Å². The van der Waals surface area contributed by atoms with Crippen LogP contribution in [-0.2, 0) is 24.0 Å². The van der Waals surface area contributed by atoms with Gasteiger partial charge < -0.3 is 0 Å². The van der Waals surface area contributed by atoms with Gasteiger partial charge in [-0.05, 0) is 26.3 Å². The van der Waals surface area contributed by atoms with Gasteiger partial charge in [-0.15, -0.1) is 0 Å². The van der Waals surface area contributed by atoms with E-state index < -0.39 is 23.3 Å². The third-order valence-corrected chi connectivity index (χ3v) is 2.33. The van der Waals surface area contributed by atoms with Crippen LogP contribution >= 0.6 is 0 Å². The van der Waals surface area contributed by atoms with Gasteiger partial charge in [0.05, 0.1) is 0 Å². The summed E-state index contributed by atoms with van der Waals surface area (Å²) in [7, 11) is 0. The topological polar surface area (TPSA) is 97.7 Å². The number of rotatable bonds is 7. The highest BCUT2D eigenvalue weighted by Gasteiger charge is 2.28. The van der Waals surface area contributed by atoms with E-state index in [0.717, 1.165) is 0 Å². The Morgan fingerprint density at radius 2 is 1.52 bits per heavy atom. The van der Waals surface area contributed by atoms with Gasteiger partial charge in [0.15, 0.2) is 6.29 Å². The summed E-state index contributed by atoms with van der Waals surface area (Å²) in [6.07, 6.45) is 8.45. The van der Waals surface area contributed by atoms with E-state index in [1.54, 1.807) is 31.2 Å². The Kier molecular flexibility index (Phi) is 7.98. The molecule has 110 valence electrons. The zero-order valence-corrected chi connectivity index (χ0v) is 12.0. The molecule has 0 fully saturated rings. The molecular weight excluding hydrogens is 274 g/mol. The maximum absolute atomic E-state index is 11.4. The van der Waals surface area contributed by atoms with Gasteiger partial charge in [-0.3, -0.25) is 24.0 Å². The van der Waals surface area contributed by atoms with Crippen molar-refractivity contribution >= 4 is 35.3 Å². The largest absolute Gasteiger partial charge is 0.321 e. The fourth-order valence-corrected chi connectivity index (χ4v) is 1.05. The molecule has 0 aliphatic carbocycles. The number of amides is 1. The minimum absolute atomic E-state index is 0.227. The molecule has 1 amide bonds. The molecule has 0 saturated heterocycles. The predicted molar refractivity (Wildman–Crippen MR) is 76.9 cm³/mol. The van der Waals surface area contributed by atoms with Crippen LogP contribution in [0.15, 0.2) is 40.9 Å². The fraction of sp³-hybridized carbons (Fsp3) is 0.200. The number of carbonyl (C=O) groups excluding carboxylic acids is 5. The van der Waals surface area contributed by atoms with E-state index in [-0.39, 0.29) is 12.0 Å². The average Bonchev–Trinajstić information content (AvgIpc) is 2.48. The Morgan fingerprint density at radius 3 is 2.05 bits per heavy atom. The van der Waals surface area contributed by atoms with Crippen molar-refractivity contribution in [2.75, 3.05) is 0 Å². The molecule has 0 radical (unpaired) electrons. The minimum atomic E-state index is -1.68. The molecule has 0 rings (SSSR count). The molecule has 0 unspecified atom stereocenters. The van der Waals surface area contributed by atoms with Crippen molar-refractivity contribution in [3.05, 3.63) is 36.0 Å². The van der Waals surface area contributed by atoms with Crippen LogP contribution in [0.1, 0.15) is 20.8 Å². The second-order valence-electron chi connectivity index (χ2n) is 3.90. The van der Waals surface area contributed by atoms with Gasteiger partial charge in [-0.25, -0.2) is 4.99 Å². The average molecular weight is 289 g/mol. The van der Waals surface area contributed by atoms with E-state index in [1.807, 2.05) is 13.0 Å². The second-order valence-corrected chi connectivity index (χ2v) is 3.90. The standard InChI is InChI=1S/C15H15NO5/c1-4-5-6-7-8-10(2)11(3)16-15(21)14(20)13(19)12(18)9-17/h4-9H,1-3H3/b5-4-,7-6-,10-8+,16-11?. The number of allylic oxidation sites excluding steroid dienone is 6. The summed E-state index contributed by atoms with van der Waals surface area (Å²) in [4.78, 5) is 58.0. The van der Waals surface area contributed by atoms with E-state index in [1.165, 1.54) is 6.92 Å². The summed E-state index contributed by atoms with van der Waals surface area (Å²) in [6.45, 7) is 5.00. The zero-order chi connectivity index (χ0) is 16.4. The van der Waals surface area contributed by atoms with Crippen LogP contribution in [0.25, 0.3) is 0 Å². The van der Waals surface area contributed by atoms with Gasteiger partial charge in [0, 0.05) is 5.71 Å². The van der Waals surface area contributed by atoms with Crippen molar-refractivity contribution < 1.29 is 24.0 Å². The molecule has 0 saturated carbocycles. The summed E-state index contributed by atoms with van der Waals surface area (Å²) in [5.41, 5.74) is 0.830. The molecule has 21 heavy (non-hydrogen) atoms. The van der Waals surface area contributed by atoms with Crippen LogP contribution in [0.5, 0.6) is 0 Å². The van der Waals surface area contributed by atoms with E-state index >= 15 is 0 Å². The highest BCUT2D eigenvalue weighted by Crippen LogP contribution is 1.99. The lowest BCUT2D eigenvalue weighted by Gasteiger charge is -1.98. The Labute approximate surface area is 121 Å². The molecule has 0 spiro atoms. The first-order valence-electron chi connectivity index (χ1n) is 5.99. The predicted octanol–water partition coefficient (Wildman–Crippen LogP) is 0.959. The summed E-state index contributed by atoms with van der Waals surface area (Å²) < 4.78 is 0. The molecule has 0 aromatic heterocycles. The molecule has 0 aromatic rings. The van der Waals surface area contributed by atoms with E-state index in [9.17, 15) is 24.0 Å². The van der Waals surface area contributed by atoms with Crippen LogP contribution in [0.4, 0.5) is 0 Å². The fourth-order valence-electron chi connectivity index (χ4n) is 1.05. The molecule has 0 bridgehead atoms. The number of nitrogens with zero attached hydrogens (tertiary/aromatic N) is 1. The molecule has 6 nitrogen and oxygen atoms in total. The minimum Gasteiger partial charge on any atom is -0.294 e. The lowest BCUT2D eigenvalue weighted by Crippen LogP contribution is -2.30. The number of hydrogen-bond acceptors (Lipinski definition) is 5. The lowest BCUT2D eigenvalue weighted by atomic mass is 10.1. The lowest BCUT2D eigenvalue weighted by molar-refractivity contribution is -0.149. The first kappa shape index (κ1) is 18.2. The summed E-state index contributed by atoms with van der Waals surface area (Å²) in [6, 6.07) is 0. The van der Waals surface area contributed by atoms with Crippen molar-refractivity contribution in [1.82, 2.24) is 0 Å². The Bertz CT molecular complexity index is 591. The maximum atomic E-state index is 11.4. The van der Waals surface area contributed by atoms with Crippen molar-refractivity contribution in [3.8, 4) is 0 Å². The Hall–Kier alpha value is -2.76. The molecular formula is C15H15NO5. The van der Waals surface area contributed by atoms with Crippen molar-refractivity contribution in [1.29, 1.82) is 0 Å². The number of aldehydes is 1. The number of hydrogen-bond donors (Lipinski definition) is 0. The summed E-state index contributed by atoms with van der Waals surface area (Å²) >= 11 is 0. The van der Waals surface area contributed by atoms with Gasteiger partial charge in [0.2, 0.25) is 0 Å². The normalized spacial score (nSPS) is 12.7. The van der Waals surface area contributed by atoms with Crippen LogP contribution in [-0.4, -0.2) is 35.3 Å². The number of aliphatic imine (C=N–C) groups is 1. The number of Topliss-reactive ketones (excluding diaryl/α,β-unsaturated/α-hetero) is 3. The molecule has 0 heterocycles.